The third-order valence-corrected chi connectivity index (χ3v) is 7.32. The van der Waals surface area contributed by atoms with Gasteiger partial charge in [-0.05, 0) is 37.3 Å². The second-order valence-corrected chi connectivity index (χ2v) is 10.5. The van der Waals surface area contributed by atoms with Crippen LogP contribution < -0.4 is 9.62 Å². The van der Waals surface area contributed by atoms with Gasteiger partial charge in [-0.2, -0.15) is 18.4 Å². The van der Waals surface area contributed by atoms with Gasteiger partial charge in [-0.1, -0.05) is 36.8 Å². The Morgan fingerprint density at radius 3 is 2.43 bits per heavy atom. The normalized spacial score (nSPS) is 14.8. The van der Waals surface area contributed by atoms with Gasteiger partial charge in [-0.15, -0.1) is 0 Å². The Balaban J connectivity index is 1.79. The Morgan fingerprint density at radius 2 is 1.92 bits per heavy atom. The zero-order chi connectivity index (χ0) is 27.5. The molecule has 3 rings (SSSR count). The van der Waals surface area contributed by atoms with Gasteiger partial charge in [0.05, 0.1) is 16.9 Å². The Labute approximate surface area is 212 Å². The molecule has 1 aliphatic rings. The second-order valence-electron chi connectivity index (χ2n) is 8.76. The summed E-state index contributed by atoms with van der Waals surface area (Å²) in [4.78, 5) is 29.2. The van der Waals surface area contributed by atoms with Crippen LogP contribution in [-0.2, 0) is 33.2 Å². The summed E-state index contributed by atoms with van der Waals surface area (Å²) in [5.41, 5.74) is -1.79. The molecule has 2 N–H and O–H groups in total. The summed E-state index contributed by atoms with van der Waals surface area (Å²) < 4.78 is 68.1. The number of carbonyl (C=O) groups excluding carboxylic acids is 1. The summed E-state index contributed by atoms with van der Waals surface area (Å²) in [5, 5.41) is 19.0. The summed E-state index contributed by atoms with van der Waals surface area (Å²) in [6.07, 6.45) is -5.01. The second kappa shape index (κ2) is 10.8. The van der Waals surface area contributed by atoms with Crippen molar-refractivity contribution in [2.24, 2.45) is 5.92 Å². The molecule has 0 spiro atoms. The van der Waals surface area contributed by atoms with E-state index < -0.39 is 45.3 Å². The lowest BCUT2D eigenvalue weighted by molar-refractivity contribution is -0.141. The number of nitrogens with one attached hydrogen (secondary N) is 1. The Kier molecular flexibility index (Phi) is 8.12. The molecule has 198 valence electrons. The van der Waals surface area contributed by atoms with Gasteiger partial charge in [0.15, 0.2) is 5.69 Å². The number of benzene rings is 1. The van der Waals surface area contributed by atoms with Crippen molar-refractivity contribution in [1.82, 2.24) is 9.71 Å². The maximum Gasteiger partial charge on any atom is 0.434 e. The fourth-order valence-corrected chi connectivity index (χ4v) is 5.57. The minimum atomic E-state index is -5.07. The number of pyridine rings is 1. The number of hydrogen-bond donors (Lipinski definition) is 2. The molecule has 0 aliphatic carbocycles. The molecule has 2 aromatic rings. The first kappa shape index (κ1) is 27.9. The first-order valence-corrected chi connectivity index (χ1v) is 13.0. The molecule has 1 fully saturated rings. The van der Waals surface area contributed by atoms with Crippen LogP contribution in [0, 0.1) is 24.2 Å². The van der Waals surface area contributed by atoms with Crippen LogP contribution in [0.4, 0.5) is 19.0 Å². The highest BCUT2D eigenvalue weighted by atomic mass is 32.2. The molecule has 1 aliphatic heterocycles. The third-order valence-electron chi connectivity index (χ3n) is 6.09. The van der Waals surface area contributed by atoms with Crippen LogP contribution in [0.15, 0.2) is 24.3 Å². The number of alkyl halides is 3. The van der Waals surface area contributed by atoms with Gasteiger partial charge in [-0.25, -0.2) is 18.2 Å². The van der Waals surface area contributed by atoms with Crippen molar-refractivity contribution < 1.29 is 36.3 Å². The van der Waals surface area contributed by atoms with Crippen molar-refractivity contribution in [3.8, 4) is 6.07 Å². The standard InChI is InChI=1S/C24H25F3N4O5S/c1-3-17-18(12-28)21(29-20(24(25,26)27)19(17)23(33)34)31-9-7-16(8-10-31)22(32)30-37(35,36)13-15-6-4-5-14(2)11-15/h4-6,11,16H,3,7-10,13H2,1-2H3,(H,30,32)(H,33,34). The van der Waals surface area contributed by atoms with Crippen molar-refractivity contribution in [3.63, 3.8) is 0 Å². The SMILES string of the molecule is CCc1c(C#N)c(N2CCC(C(=O)NS(=O)(=O)Cc3cccc(C)c3)CC2)nc(C(F)(F)F)c1C(=O)O. The van der Waals surface area contributed by atoms with Crippen LogP contribution in [-0.4, -0.2) is 43.5 Å². The van der Waals surface area contributed by atoms with E-state index in [0.717, 1.165) is 5.56 Å². The van der Waals surface area contributed by atoms with E-state index in [1.54, 1.807) is 24.3 Å². The molecule has 0 unspecified atom stereocenters. The van der Waals surface area contributed by atoms with E-state index in [0.29, 0.717) is 5.56 Å². The van der Waals surface area contributed by atoms with Crippen molar-refractivity contribution >= 4 is 27.7 Å². The average Bonchev–Trinajstić information content (AvgIpc) is 2.81. The number of piperidine rings is 1. The predicted octanol–water partition coefficient (Wildman–Crippen LogP) is 3.40. The van der Waals surface area contributed by atoms with E-state index in [9.17, 15) is 41.5 Å². The van der Waals surface area contributed by atoms with E-state index >= 15 is 0 Å². The lowest BCUT2D eigenvalue weighted by atomic mass is 9.94. The number of sulfonamides is 1. The molecule has 9 nitrogen and oxygen atoms in total. The zero-order valence-electron chi connectivity index (χ0n) is 20.1. The van der Waals surface area contributed by atoms with Gasteiger partial charge in [0.1, 0.15) is 11.9 Å². The van der Waals surface area contributed by atoms with Gasteiger partial charge in [0.2, 0.25) is 15.9 Å². The van der Waals surface area contributed by atoms with Crippen LogP contribution in [0.25, 0.3) is 0 Å². The predicted molar refractivity (Wildman–Crippen MR) is 127 cm³/mol. The number of hydrogen-bond acceptors (Lipinski definition) is 7. The number of nitrogens with zero attached hydrogens (tertiary/aromatic N) is 3. The number of carboxylic acids is 1. The number of nitriles is 1. The van der Waals surface area contributed by atoms with Crippen LogP contribution in [0.2, 0.25) is 0 Å². The van der Waals surface area contributed by atoms with Crippen molar-refractivity contribution in [3.05, 3.63) is 57.8 Å². The molecular weight excluding hydrogens is 513 g/mol. The van der Waals surface area contributed by atoms with E-state index in [4.69, 9.17) is 0 Å². The highest BCUT2D eigenvalue weighted by molar-refractivity contribution is 7.89. The van der Waals surface area contributed by atoms with Crippen LogP contribution in [0.5, 0.6) is 0 Å². The topological polar surface area (TPSA) is 140 Å². The molecular formula is C24H25F3N4O5S. The summed E-state index contributed by atoms with van der Waals surface area (Å²) in [6, 6.07) is 8.62. The highest BCUT2D eigenvalue weighted by Crippen LogP contribution is 2.37. The monoisotopic (exact) mass is 538 g/mol. The van der Waals surface area contributed by atoms with Crippen molar-refractivity contribution in [2.45, 2.75) is 45.0 Å². The van der Waals surface area contributed by atoms with Crippen molar-refractivity contribution in [2.75, 3.05) is 18.0 Å². The lowest BCUT2D eigenvalue weighted by Gasteiger charge is -2.33. The van der Waals surface area contributed by atoms with Crippen LogP contribution >= 0.6 is 0 Å². The maximum absolute atomic E-state index is 13.7. The molecule has 1 saturated heterocycles. The number of halogens is 3. The highest BCUT2D eigenvalue weighted by Gasteiger charge is 2.41. The summed E-state index contributed by atoms with van der Waals surface area (Å²) in [7, 11) is -3.97. The average molecular weight is 539 g/mol. The first-order chi connectivity index (χ1) is 17.3. The first-order valence-electron chi connectivity index (χ1n) is 11.4. The number of amides is 1. The molecule has 37 heavy (non-hydrogen) atoms. The van der Waals surface area contributed by atoms with Crippen molar-refractivity contribution in [1.29, 1.82) is 5.26 Å². The largest absolute Gasteiger partial charge is 0.478 e. The maximum atomic E-state index is 13.7. The zero-order valence-corrected chi connectivity index (χ0v) is 20.9. The molecule has 0 radical (unpaired) electrons. The molecule has 0 bridgehead atoms. The number of carboxylic acid groups (broad SMARTS) is 1. The number of rotatable bonds is 7. The quantitative estimate of drug-likeness (QED) is 0.547. The summed E-state index contributed by atoms with van der Waals surface area (Å²) in [6.45, 7) is 3.29. The minimum Gasteiger partial charge on any atom is -0.478 e. The fourth-order valence-electron chi connectivity index (χ4n) is 4.40. The number of aryl methyl sites for hydroxylation is 1. The number of aromatic carboxylic acids is 1. The number of carbonyl (C=O) groups is 2. The number of anilines is 1. The Hall–Kier alpha value is -3.66. The lowest BCUT2D eigenvalue weighted by Crippen LogP contribution is -2.43. The van der Waals surface area contributed by atoms with Crippen LogP contribution in [0.3, 0.4) is 0 Å². The van der Waals surface area contributed by atoms with Gasteiger partial charge in [0, 0.05) is 19.0 Å². The van der Waals surface area contributed by atoms with E-state index in [2.05, 4.69) is 9.71 Å². The van der Waals surface area contributed by atoms with E-state index in [1.165, 1.54) is 11.8 Å². The molecule has 0 saturated carbocycles. The Morgan fingerprint density at radius 1 is 1.27 bits per heavy atom. The van der Waals surface area contributed by atoms with E-state index in [1.807, 2.05) is 13.0 Å². The molecule has 13 heteroatoms. The number of aromatic nitrogens is 1. The van der Waals surface area contributed by atoms with Gasteiger partial charge >= 0.3 is 12.1 Å². The molecule has 1 aromatic heterocycles. The smallest absolute Gasteiger partial charge is 0.434 e. The molecule has 2 heterocycles. The van der Waals surface area contributed by atoms with Gasteiger partial charge in [-0.3, -0.25) is 9.52 Å². The molecule has 1 aromatic carbocycles. The van der Waals surface area contributed by atoms with Gasteiger partial charge in [0.25, 0.3) is 0 Å². The fraction of sp³-hybridized carbons (Fsp3) is 0.417. The van der Waals surface area contributed by atoms with Crippen LogP contribution in [0.1, 0.15) is 58.1 Å². The molecule has 1 amide bonds. The summed E-state index contributed by atoms with van der Waals surface area (Å²) >= 11 is 0. The third kappa shape index (κ3) is 6.37. The van der Waals surface area contributed by atoms with Gasteiger partial charge < -0.3 is 10.0 Å². The molecule has 0 atom stereocenters. The Bertz CT molecular complexity index is 1360. The summed E-state index contributed by atoms with van der Waals surface area (Å²) in [5.74, 6) is -3.96. The minimum absolute atomic E-state index is 0.0184. The van der Waals surface area contributed by atoms with E-state index in [-0.39, 0.29) is 55.0 Å².